The van der Waals surface area contributed by atoms with E-state index >= 15 is 0 Å². The number of hydrogen-bond donors (Lipinski definition) is 0. The number of hydrogen-bond acceptors (Lipinski definition) is 4. The average molecular weight is 388 g/mol. The molecule has 0 radical (unpaired) electrons. The second-order valence-corrected chi connectivity index (χ2v) is 6.20. The topological polar surface area (TPSA) is 40.6 Å². The standard InChI is InChI=1S/C19H18BrNO3/c1-11-5-7-13-14(9-11)17(20)18(21-19(13)24-4)12-6-8-15(22-2)16(10-12)23-3/h5-10H,1-4H3. The van der Waals surface area contributed by atoms with Crippen LogP contribution >= 0.6 is 15.9 Å². The van der Waals surface area contributed by atoms with Gasteiger partial charge in [0.2, 0.25) is 5.88 Å². The van der Waals surface area contributed by atoms with Crippen molar-refractivity contribution in [2.24, 2.45) is 0 Å². The van der Waals surface area contributed by atoms with Crippen molar-refractivity contribution < 1.29 is 14.2 Å². The van der Waals surface area contributed by atoms with Crippen LogP contribution in [0.5, 0.6) is 17.4 Å². The van der Waals surface area contributed by atoms with Gasteiger partial charge in [-0.05, 0) is 47.1 Å². The van der Waals surface area contributed by atoms with Gasteiger partial charge in [-0.1, -0.05) is 17.7 Å². The second-order valence-electron chi connectivity index (χ2n) is 5.40. The van der Waals surface area contributed by atoms with E-state index < -0.39 is 0 Å². The lowest BCUT2D eigenvalue weighted by atomic mass is 10.0. The molecule has 0 fully saturated rings. The van der Waals surface area contributed by atoms with Crippen LogP contribution in [-0.4, -0.2) is 26.3 Å². The van der Waals surface area contributed by atoms with Crippen molar-refractivity contribution in [1.29, 1.82) is 0 Å². The number of halogens is 1. The average Bonchev–Trinajstić information content (AvgIpc) is 2.61. The summed E-state index contributed by atoms with van der Waals surface area (Å²) < 4.78 is 17.1. The number of ether oxygens (including phenoxy) is 3. The summed E-state index contributed by atoms with van der Waals surface area (Å²) in [4.78, 5) is 4.68. The number of aryl methyl sites for hydroxylation is 1. The third kappa shape index (κ3) is 2.80. The molecule has 124 valence electrons. The van der Waals surface area contributed by atoms with Gasteiger partial charge in [-0.15, -0.1) is 0 Å². The van der Waals surface area contributed by atoms with Gasteiger partial charge >= 0.3 is 0 Å². The van der Waals surface area contributed by atoms with Crippen LogP contribution in [0.25, 0.3) is 22.0 Å². The summed E-state index contributed by atoms with van der Waals surface area (Å²) in [6.07, 6.45) is 0. The molecule has 0 aliphatic heterocycles. The van der Waals surface area contributed by atoms with Gasteiger partial charge in [0, 0.05) is 16.3 Å². The molecule has 24 heavy (non-hydrogen) atoms. The Morgan fingerprint density at radius 2 is 1.58 bits per heavy atom. The summed E-state index contributed by atoms with van der Waals surface area (Å²) in [6.45, 7) is 2.06. The molecule has 0 atom stereocenters. The van der Waals surface area contributed by atoms with Crippen molar-refractivity contribution in [3.05, 3.63) is 46.4 Å². The predicted octanol–water partition coefficient (Wildman–Crippen LogP) is 5.00. The molecule has 0 spiro atoms. The number of aromatic nitrogens is 1. The van der Waals surface area contributed by atoms with Crippen LogP contribution < -0.4 is 14.2 Å². The molecular weight excluding hydrogens is 370 g/mol. The van der Waals surface area contributed by atoms with Crippen LogP contribution in [0.15, 0.2) is 40.9 Å². The molecule has 5 heteroatoms. The number of pyridine rings is 1. The molecule has 1 heterocycles. The molecule has 0 unspecified atom stereocenters. The molecular formula is C19H18BrNO3. The fourth-order valence-corrected chi connectivity index (χ4v) is 3.34. The Kier molecular flexibility index (Phi) is 4.62. The molecule has 0 N–H and O–H groups in total. The Bertz CT molecular complexity index is 909. The molecule has 3 rings (SSSR count). The predicted molar refractivity (Wildman–Crippen MR) is 99.3 cm³/mol. The summed E-state index contributed by atoms with van der Waals surface area (Å²) >= 11 is 3.71. The highest BCUT2D eigenvalue weighted by atomic mass is 79.9. The maximum atomic E-state index is 5.50. The summed E-state index contributed by atoms with van der Waals surface area (Å²) in [7, 11) is 4.87. The van der Waals surface area contributed by atoms with Crippen LogP contribution in [0.4, 0.5) is 0 Å². The third-order valence-electron chi connectivity index (χ3n) is 3.91. The zero-order valence-corrected chi connectivity index (χ0v) is 15.6. The van der Waals surface area contributed by atoms with Crippen molar-refractivity contribution in [2.45, 2.75) is 6.92 Å². The smallest absolute Gasteiger partial charge is 0.221 e. The van der Waals surface area contributed by atoms with E-state index in [-0.39, 0.29) is 0 Å². The molecule has 0 aliphatic carbocycles. The Labute approximate surface area is 149 Å². The zero-order chi connectivity index (χ0) is 17.3. The molecule has 4 nitrogen and oxygen atoms in total. The van der Waals surface area contributed by atoms with Gasteiger partial charge in [-0.2, -0.15) is 0 Å². The van der Waals surface area contributed by atoms with Crippen LogP contribution in [-0.2, 0) is 0 Å². The lowest BCUT2D eigenvalue weighted by Gasteiger charge is -2.14. The molecule has 2 aromatic carbocycles. The molecule has 0 saturated heterocycles. The van der Waals surface area contributed by atoms with Crippen molar-refractivity contribution >= 4 is 26.7 Å². The Hall–Kier alpha value is -2.27. The van der Waals surface area contributed by atoms with Crippen molar-refractivity contribution in [2.75, 3.05) is 21.3 Å². The summed E-state index contributed by atoms with van der Waals surface area (Å²) in [5, 5.41) is 2.03. The van der Waals surface area contributed by atoms with E-state index in [1.54, 1.807) is 21.3 Å². The normalized spacial score (nSPS) is 10.7. The minimum Gasteiger partial charge on any atom is -0.493 e. The lowest BCUT2D eigenvalue weighted by molar-refractivity contribution is 0.355. The van der Waals surface area contributed by atoms with E-state index in [4.69, 9.17) is 14.2 Å². The van der Waals surface area contributed by atoms with Crippen molar-refractivity contribution in [3.8, 4) is 28.6 Å². The summed E-state index contributed by atoms with van der Waals surface area (Å²) in [5.41, 5.74) is 2.89. The van der Waals surface area contributed by atoms with E-state index in [2.05, 4.69) is 40.0 Å². The summed E-state index contributed by atoms with van der Waals surface area (Å²) in [5.74, 6) is 1.94. The van der Waals surface area contributed by atoms with Gasteiger partial charge < -0.3 is 14.2 Å². The Morgan fingerprint density at radius 1 is 0.833 bits per heavy atom. The molecule has 3 aromatic rings. The quantitative estimate of drug-likeness (QED) is 0.631. The first-order valence-electron chi connectivity index (χ1n) is 7.45. The fourth-order valence-electron chi connectivity index (χ4n) is 2.69. The Balaban J connectivity index is 2.28. The first-order valence-corrected chi connectivity index (χ1v) is 8.24. The maximum absolute atomic E-state index is 5.50. The fraction of sp³-hybridized carbons (Fsp3) is 0.211. The highest BCUT2D eigenvalue weighted by Crippen LogP contribution is 2.40. The lowest BCUT2D eigenvalue weighted by Crippen LogP contribution is -1.96. The molecule has 0 saturated carbocycles. The van der Waals surface area contributed by atoms with Gasteiger partial charge in [0.1, 0.15) is 0 Å². The molecule has 0 bridgehead atoms. The second kappa shape index (κ2) is 6.69. The minimum atomic E-state index is 0.595. The van der Waals surface area contributed by atoms with E-state index in [0.717, 1.165) is 26.5 Å². The first kappa shape index (κ1) is 16.6. The van der Waals surface area contributed by atoms with Crippen molar-refractivity contribution in [1.82, 2.24) is 4.98 Å². The van der Waals surface area contributed by atoms with E-state index in [1.807, 2.05) is 24.3 Å². The van der Waals surface area contributed by atoms with Gasteiger partial charge in [0.25, 0.3) is 0 Å². The van der Waals surface area contributed by atoms with Crippen molar-refractivity contribution in [3.63, 3.8) is 0 Å². The highest BCUT2D eigenvalue weighted by molar-refractivity contribution is 9.10. The number of benzene rings is 2. The largest absolute Gasteiger partial charge is 0.493 e. The number of nitrogens with zero attached hydrogens (tertiary/aromatic N) is 1. The van der Waals surface area contributed by atoms with Gasteiger partial charge in [0.05, 0.1) is 31.5 Å². The monoisotopic (exact) mass is 387 g/mol. The molecule has 0 aliphatic rings. The minimum absolute atomic E-state index is 0.595. The first-order chi connectivity index (χ1) is 11.6. The number of rotatable bonds is 4. The van der Waals surface area contributed by atoms with E-state index in [1.165, 1.54) is 5.56 Å². The van der Waals surface area contributed by atoms with Gasteiger partial charge in [0.15, 0.2) is 11.5 Å². The zero-order valence-electron chi connectivity index (χ0n) is 14.0. The summed E-state index contributed by atoms with van der Waals surface area (Å²) in [6, 6.07) is 11.9. The van der Waals surface area contributed by atoms with Crippen LogP contribution in [0.1, 0.15) is 5.56 Å². The third-order valence-corrected chi connectivity index (χ3v) is 4.72. The van der Waals surface area contributed by atoms with Crippen LogP contribution in [0, 0.1) is 6.92 Å². The number of methoxy groups -OCH3 is 3. The Morgan fingerprint density at radius 3 is 2.25 bits per heavy atom. The van der Waals surface area contributed by atoms with E-state index in [9.17, 15) is 0 Å². The highest BCUT2D eigenvalue weighted by Gasteiger charge is 2.16. The van der Waals surface area contributed by atoms with Gasteiger partial charge in [-0.3, -0.25) is 0 Å². The SMILES string of the molecule is COc1ccc(-c2nc(OC)c3ccc(C)cc3c2Br)cc1OC. The van der Waals surface area contributed by atoms with Gasteiger partial charge in [-0.25, -0.2) is 4.98 Å². The molecule has 0 amide bonds. The number of fused-ring (bicyclic) bond motifs is 1. The van der Waals surface area contributed by atoms with E-state index in [0.29, 0.717) is 17.4 Å². The molecule has 1 aromatic heterocycles. The van der Waals surface area contributed by atoms with Crippen LogP contribution in [0.2, 0.25) is 0 Å². The van der Waals surface area contributed by atoms with Crippen LogP contribution in [0.3, 0.4) is 0 Å². The maximum Gasteiger partial charge on any atom is 0.221 e.